The summed E-state index contributed by atoms with van der Waals surface area (Å²) in [6, 6.07) is 13.9. The second-order valence-electron chi connectivity index (χ2n) is 11.2. The lowest BCUT2D eigenvalue weighted by molar-refractivity contribution is -0.148. The van der Waals surface area contributed by atoms with Gasteiger partial charge >= 0.3 is 0 Å². The van der Waals surface area contributed by atoms with Gasteiger partial charge in [0, 0.05) is 40.5 Å². The summed E-state index contributed by atoms with van der Waals surface area (Å²) < 4.78 is 6.58. The lowest BCUT2D eigenvalue weighted by atomic mass is 9.82. The van der Waals surface area contributed by atoms with Crippen LogP contribution in [0.4, 0.5) is 11.4 Å². The molecule has 3 aliphatic heterocycles. The number of ether oxygens (including phenoxy) is 1. The van der Waals surface area contributed by atoms with E-state index in [1.54, 1.807) is 47.4 Å². The maximum absolute atomic E-state index is 13.6. The monoisotopic (exact) mass is 537 g/mol. The van der Waals surface area contributed by atoms with Gasteiger partial charge in [0.2, 0.25) is 5.91 Å². The third kappa shape index (κ3) is 4.45. The average Bonchev–Trinajstić information content (AvgIpc) is 3.55. The van der Waals surface area contributed by atoms with Crippen LogP contribution in [0.5, 0.6) is 0 Å². The highest BCUT2D eigenvalue weighted by Gasteiger charge is 2.65. The fraction of sp³-hybridized carbons (Fsp3) is 0.464. The van der Waals surface area contributed by atoms with E-state index in [2.05, 4.69) is 10.6 Å². The molecule has 0 aromatic heterocycles. The molecule has 5 rings (SSSR count). The molecule has 0 saturated carbocycles. The van der Waals surface area contributed by atoms with Crippen molar-refractivity contribution in [2.75, 3.05) is 23.8 Å². The zero-order valence-electron chi connectivity index (χ0n) is 21.9. The Bertz CT molecular complexity index is 1250. The molecule has 4 N–H and O–H groups in total. The molecule has 2 aromatic carbocycles. The van der Waals surface area contributed by atoms with Crippen LogP contribution >= 0.6 is 0 Å². The summed E-state index contributed by atoms with van der Waals surface area (Å²) in [4.78, 5) is 52.7. The van der Waals surface area contributed by atoms with Gasteiger partial charge in [-0.05, 0) is 56.3 Å². The molecule has 2 aromatic rings. The Hall–Kier alpha value is -3.05. The molecule has 3 heterocycles. The van der Waals surface area contributed by atoms with Crippen molar-refractivity contribution in [3.63, 3.8) is 0 Å². The summed E-state index contributed by atoms with van der Waals surface area (Å²) in [6.45, 7) is 6.01. The smallest absolute Gasteiger partial charge is 0.261 e. The lowest BCUT2D eigenvalue weighted by Crippen LogP contribution is -2.44. The third-order valence-corrected chi connectivity index (χ3v) is 10.8. The summed E-state index contributed by atoms with van der Waals surface area (Å²) in [5.41, 5.74) is 0.421. The molecule has 9 nitrogen and oxygen atoms in total. The van der Waals surface area contributed by atoms with Gasteiger partial charge in [-0.1, -0.05) is 25.1 Å². The van der Waals surface area contributed by atoms with Gasteiger partial charge in [-0.15, -0.1) is 0 Å². The van der Waals surface area contributed by atoms with E-state index < -0.39 is 25.9 Å². The van der Waals surface area contributed by atoms with Crippen LogP contribution in [0.15, 0.2) is 48.5 Å². The average molecular weight is 538 g/mol. The summed E-state index contributed by atoms with van der Waals surface area (Å²) in [5.74, 6) is -1.16. The highest BCUT2D eigenvalue weighted by Crippen LogP contribution is 2.58. The SMILES string of the molecule is C[C@H]1[C@H]([Si](C)(C)O)[C@@H](CC(=O)N2CCC[C@H]2CO)O[C@]12C(=O)Nc1ccc(NC(=O)c3ccccc3)cc12. The van der Waals surface area contributed by atoms with Crippen molar-refractivity contribution < 1.29 is 29.0 Å². The van der Waals surface area contributed by atoms with Crippen LogP contribution in [-0.2, 0) is 19.9 Å². The van der Waals surface area contributed by atoms with Gasteiger partial charge < -0.3 is 30.2 Å². The molecule has 0 radical (unpaired) electrons. The summed E-state index contributed by atoms with van der Waals surface area (Å²) in [5, 5.41) is 15.5. The number of benzene rings is 2. The summed E-state index contributed by atoms with van der Waals surface area (Å²) in [7, 11) is -2.91. The second kappa shape index (κ2) is 9.92. The van der Waals surface area contributed by atoms with Crippen LogP contribution in [0.3, 0.4) is 0 Å². The number of nitrogens with zero attached hydrogens (tertiary/aromatic N) is 1. The Kier molecular flexibility index (Phi) is 6.93. The van der Waals surface area contributed by atoms with Gasteiger partial charge in [0.15, 0.2) is 13.9 Å². The lowest BCUT2D eigenvalue weighted by Gasteiger charge is -2.32. The first-order valence-corrected chi connectivity index (χ1v) is 16.2. The predicted molar refractivity (Wildman–Crippen MR) is 145 cm³/mol. The largest absolute Gasteiger partial charge is 0.432 e. The van der Waals surface area contributed by atoms with Gasteiger partial charge in [0.05, 0.1) is 25.2 Å². The zero-order valence-corrected chi connectivity index (χ0v) is 22.9. The highest BCUT2D eigenvalue weighted by molar-refractivity contribution is 6.71. The molecular weight excluding hydrogens is 502 g/mol. The number of aliphatic hydroxyl groups excluding tert-OH is 1. The molecule has 2 saturated heterocycles. The second-order valence-corrected chi connectivity index (χ2v) is 15.1. The standard InChI is InChI=1S/C28H35N3O6Si/c1-17-25(38(2,3)36)23(15-24(33)31-13-7-10-20(31)16-32)37-28(17)21-14-19(11-12-22(21)30-27(28)35)29-26(34)18-8-5-4-6-9-18/h4-6,8-9,11-12,14,17,20,23,25,32,36H,7,10,13,15-16H2,1-3H3,(H,29,34)(H,30,35)/t17-,20-,23+,25-,28+/m0/s1. The molecule has 5 atom stereocenters. The van der Waals surface area contributed by atoms with Gasteiger partial charge in [-0.2, -0.15) is 0 Å². The molecule has 38 heavy (non-hydrogen) atoms. The molecule has 0 unspecified atom stereocenters. The number of nitrogens with one attached hydrogen (secondary N) is 2. The Labute approximate surface area is 223 Å². The van der Waals surface area contributed by atoms with Crippen LogP contribution in [0.25, 0.3) is 0 Å². The zero-order chi connectivity index (χ0) is 27.2. The summed E-state index contributed by atoms with van der Waals surface area (Å²) >= 11 is 0. The predicted octanol–water partition coefficient (Wildman–Crippen LogP) is 3.06. The maximum atomic E-state index is 13.6. The van der Waals surface area contributed by atoms with Gasteiger partial charge in [-0.25, -0.2) is 0 Å². The first-order chi connectivity index (χ1) is 18.1. The molecule has 0 bridgehead atoms. The number of aliphatic hydroxyl groups is 1. The van der Waals surface area contributed by atoms with Gasteiger partial charge in [0.1, 0.15) is 0 Å². The minimum Gasteiger partial charge on any atom is -0.432 e. The Balaban J connectivity index is 1.47. The van der Waals surface area contributed by atoms with Gasteiger partial charge in [-0.3, -0.25) is 14.4 Å². The van der Waals surface area contributed by atoms with E-state index in [4.69, 9.17) is 4.74 Å². The molecule has 2 fully saturated rings. The van der Waals surface area contributed by atoms with Crippen molar-refractivity contribution in [1.29, 1.82) is 0 Å². The minimum absolute atomic E-state index is 0.0251. The number of rotatable bonds is 6. The quantitative estimate of drug-likeness (QED) is 0.420. The minimum atomic E-state index is -2.91. The van der Waals surface area contributed by atoms with Crippen LogP contribution in [0.1, 0.15) is 42.1 Å². The molecular formula is C28H35N3O6Si. The fourth-order valence-electron chi connectivity index (χ4n) is 6.61. The number of likely N-dealkylation sites (tertiary alicyclic amines) is 1. The first kappa shape index (κ1) is 26.5. The maximum Gasteiger partial charge on any atom is 0.261 e. The molecule has 3 amide bonds. The Morgan fingerprint density at radius 3 is 2.63 bits per heavy atom. The van der Waals surface area contributed by atoms with Crippen molar-refractivity contribution in [1.82, 2.24) is 4.90 Å². The van der Waals surface area contributed by atoms with Gasteiger partial charge in [0.25, 0.3) is 11.8 Å². The number of carbonyl (C=O) groups is 3. The Morgan fingerprint density at radius 2 is 1.95 bits per heavy atom. The number of hydrogen-bond donors (Lipinski definition) is 4. The van der Waals surface area contributed by atoms with Crippen molar-refractivity contribution in [3.05, 3.63) is 59.7 Å². The number of hydrogen-bond acceptors (Lipinski definition) is 6. The first-order valence-electron chi connectivity index (χ1n) is 13.2. The number of carbonyl (C=O) groups excluding carboxylic acids is 3. The fourth-order valence-corrected chi connectivity index (χ4v) is 9.16. The topological polar surface area (TPSA) is 128 Å². The van der Waals surface area contributed by atoms with Crippen LogP contribution in [0.2, 0.25) is 18.6 Å². The molecule has 0 aliphatic carbocycles. The molecule has 10 heteroatoms. The van der Waals surface area contributed by atoms with Crippen molar-refractivity contribution >= 4 is 37.4 Å². The van der Waals surface area contributed by atoms with E-state index in [1.807, 2.05) is 26.1 Å². The van der Waals surface area contributed by atoms with Crippen LogP contribution in [0, 0.1) is 5.92 Å². The van der Waals surface area contributed by atoms with E-state index in [0.717, 1.165) is 12.8 Å². The van der Waals surface area contributed by atoms with Crippen molar-refractivity contribution in [3.8, 4) is 0 Å². The number of fused-ring (bicyclic) bond motifs is 2. The van der Waals surface area contributed by atoms with Crippen molar-refractivity contribution in [2.45, 2.75) is 62.6 Å². The summed E-state index contributed by atoms with van der Waals surface area (Å²) in [6.07, 6.45) is 0.950. The van der Waals surface area contributed by atoms with E-state index in [0.29, 0.717) is 29.0 Å². The van der Waals surface area contributed by atoms with Crippen LogP contribution in [-0.4, -0.2) is 66.1 Å². The van der Waals surface area contributed by atoms with Crippen molar-refractivity contribution in [2.24, 2.45) is 5.92 Å². The Morgan fingerprint density at radius 1 is 1.21 bits per heavy atom. The third-order valence-electron chi connectivity index (χ3n) is 8.32. The van der Waals surface area contributed by atoms with E-state index >= 15 is 0 Å². The molecule has 1 spiro atoms. The number of anilines is 2. The molecule has 3 aliphatic rings. The number of amides is 3. The van der Waals surface area contributed by atoms with Crippen LogP contribution < -0.4 is 10.6 Å². The highest BCUT2D eigenvalue weighted by atomic mass is 28.4. The van der Waals surface area contributed by atoms with E-state index in [9.17, 15) is 24.3 Å². The normalized spacial score (nSPS) is 28.4. The molecule has 202 valence electrons. The van der Waals surface area contributed by atoms with E-state index in [-0.39, 0.29) is 42.3 Å². The van der Waals surface area contributed by atoms with E-state index in [1.165, 1.54) is 0 Å².